The molecule has 1 nitrogen and oxygen atoms in total. The molecule has 0 aromatic carbocycles. The van der Waals surface area contributed by atoms with Gasteiger partial charge in [-0.25, -0.2) is 6.10 Å². The quantitative estimate of drug-likeness (QED) is 0.526. The Morgan fingerprint density at radius 3 is 1.50 bits per heavy atom. The molecule has 0 aliphatic heterocycles. The minimum absolute atomic E-state index is 0. The number of hydrogen-bond acceptors (Lipinski definition) is 1. The molecule has 0 N–H and O–H groups in total. The van der Waals surface area contributed by atoms with Gasteiger partial charge in [-0.2, -0.15) is 13.8 Å². The first-order chi connectivity index (χ1) is 2.27. The molecule has 0 saturated heterocycles. The van der Waals surface area contributed by atoms with Crippen LogP contribution in [0.2, 0.25) is 0 Å². The molecule has 0 radical (unpaired) electrons. The summed E-state index contributed by atoms with van der Waals surface area (Å²) in [4.78, 5) is 0. The summed E-state index contributed by atoms with van der Waals surface area (Å²) in [5, 5.41) is 0. The Morgan fingerprint density at radius 1 is 1.33 bits per heavy atom. The van der Waals surface area contributed by atoms with Gasteiger partial charge in [0.15, 0.2) is 0 Å². The molecular weight excluding hydrogens is 153 g/mol. The Morgan fingerprint density at radius 2 is 1.50 bits per heavy atom. The van der Waals surface area contributed by atoms with Gasteiger partial charge in [-0.05, 0) is 7.11 Å². The zero-order chi connectivity index (χ0) is 4.28. The first-order valence-corrected chi connectivity index (χ1v) is 1.61. The van der Waals surface area contributed by atoms with Gasteiger partial charge in [0.05, 0.1) is 0 Å². The molecule has 0 saturated carbocycles. The Labute approximate surface area is 64.3 Å². The molecule has 6 heavy (non-hydrogen) atoms. The van der Waals surface area contributed by atoms with Crippen LogP contribution in [0.3, 0.4) is 0 Å². The van der Waals surface area contributed by atoms with Crippen LogP contribution >= 0.6 is 0 Å². The molecule has 0 atom stereocenters. The fraction of sp³-hybridized carbons (Fsp3) is 0.750. The zero-order valence-corrected chi connectivity index (χ0v) is 7.32. The second kappa shape index (κ2) is 6.06. The zero-order valence-electron chi connectivity index (χ0n) is 4.49. The van der Waals surface area contributed by atoms with Gasteiger partial charge >= 0.3 is 32.7 Å². The Bertz CT molecular complexity index is 21.5. The van der Waals surface area contributed by atoms with Crippen LogP contribution in [0, 0.1) is 6.10 Å². The third kappa shape index (κ3) is 8.91. The number of ether oxygens (including phenoxy) is 1. The van der Waals surface area contributed by atoms with E-state index >= 15 is 0 Å². The Balaban J connectivity index is 0. The minimum atomic E-state index is 0. The number of hydrogen-bond donors (Lipinski definition) is 0. The average Bonchev–Trinajstić information content (AvgIpc) is 1.38. The predicted molar refractivity (Wildman–Crippen MR) is 21.6 cm³/mol. The van der Waals surface area contributed by atoms with Crippen molar-refractivity contribution in [2.45, 2.75) is 13.8 Å². The van der Waals surface area contributed by atoms with Gasteiger partial charge in [-0.3, -0.25) is 0 Å². The summed E-state index contributed by atoms with van der Waals surface area (Å²) in [6, 6.07) is 0. The normalized spacial score (nSPS) is 8.00. The summed E-state index contributed by atoms with van der Waals surface area (Å²) < 4.78 is 4.67. The second-order valence-corrected chi connectivity index (χ2v) is 1.11. The van der Waals surface area contributed by atoms with Gasteiger partial charge in [0.25, 0.3) is 0 Å². The van der Waals surface area contributed by atoms with Crippen molar-refractivity contribution in [2.24, 2.45) is 0 Å². The van der Waals surface area contributed by atoms with Crippen LogP contribution in [0.1, 0.15) is 13.8 Å². The van der Waals surface area contributed by atoms with Crippen LogP contribution in [0.25, 0.3) is 0 Å². The molecule has 0 aromatic rings. The second-order valence-electron chi connectivity index (χ2n) is 1.11. The molecule has 32 valence electrons. The van der Waals surface area contributed by atoms with E-state index in [-0.39, 0.29) is 32.7 Å². The molecule has 0 bridgehead atoms. The van der Waals surface area contributed by atoms with E-state index in [1.807, 2.05) is 13.8 Å². The molecule has 0 rings (SSSR count). The van der Waals surface area contributed by atoms with E-state index in [2.05, 4.69) is 4.74 Å². The van der Waals surface area contributed by atoms with E-state index < -0.39 is 0 Å². The molecule has 0 aliphatic rings. The van der Waals surface area contributed by atoms with Crippen LogP contribution in [0.15, 0.2) is 0 Å². The van der Waals surface area contributed by atoms with Crippen molar-refractivity contribution in [1.29, 1.82) is 0 Å². The maximum Gasteiger partial charge on any atom is 3.00 e. The van der Waals surface area contributed by atoms with Crippen molar-refractivity contribution in [3.63, 3.8) is 0 Å². The largest absolute Gasteiger partial charge is 3.00 e. The Kier molecular flexibility index (Phi) is 10.2. The maximum atomic E-state index is 4.67. The molecule has 0 fully saturated rings. The third-order valence-corrected chi connectivity index (χ3v) is 0.408. The standard InChI is InChI=1S/C4H9O.Y/c1-4(2)5-3;/h1-3H3;/q-1;+3. The topological polar surface area (TPSA) is 9.23 Å². The van der Waals surface area contributed by atoms with Crippen molar-refractivity contribution in [2.75, 3.05) is 7.11 Å². The fourth-order valence-electron chi connectivity index (χ4n) is 0. The SMILES string of the molecule is CO[C-](C)C.[Y+3]. The third-order valence-electron chi connectivity index (χ3n) is 0.408. The van der Waals surface area contributed by atoms with Crippen molar-refractivity contribution >= 4 is 0 Å². The van der Waals surface area contributed by atoms with Gasteiger partial charge in [-0.1, -0.05) is 0 Å². The van der Waals surface area contributed by atoms with Crippen molar-refractivity contribution < 1.29 is 37.4 Å². The molecular formula is C4H9OY+2. The van der Waals surface area contributed by atoms with Gasteiger partial charge in [0.2, 0.25) is 0 Å². The fourth-order valence-corrected chi connectivity index (χ4v) is 0. The van der Waals surface area contributed by atoms with Crippen LogP contribution < -0.4 is 0 Å². The van der Waals surface area contributed by atoms with Crippen LogP contribution in [-0.4, -0.2) is 7.11 Å². The molecule has 0 heterocycles. The summed E-state index contributed by atoms with van der Waals surface area (Å²) in [5.41, 5.74) is 0. The van der Waals surface area contributed by atoms with Crippen LogP contribution in [0.5, 0.6) is 0 Å². The molecule has 0 amide bonds. The molecule has 0 aliphatic carbocycles. The molecule has 2 heteroatoms. The van der Waals surface area contributed by atoms with Gasteiger partial charge in [-0.15, -0.1) is 0 Å². The average molecular weight is 162 g/mol. The monoisotopic (exact) mass is 162 g/mol. The minimum Gasteiger partial charge on any atom is -0.552 e. The summed E-state index contributed by atoms with van der Waals surface area (Å²) in [7, 11) is 1.66. The van der Waals surface area contributed by atoms with E-state index in [9.17, 15) is 0 Å². The van der Waals surface area contributed by atoms with Gasteiger partial charge < -0.3 is 4.74 Å². The van der Waals surface area contributed by atoms with Gasteiger partial charge in [0.1, 0.15) is 0 Å². The maximum absolute atomic E-state index is 4.67. The molecule has 0 aromatic heterocycles. The van der Waals surface area contributed by atoms with E-state index in [0.29, 0.717) is 0 Å². The number of methoxy groups -OCH3 is 1. The van der Waals surface area contributed by atoms with Crippen molar-refractivity contribution in [3.8, 4) is 0 Å². The molecule has 0 unspecified atom stereocenters. The van der Waals surface area contributed by atoms with E-state index in [1.54, 1.807) is 7.11 Å². The number of rotatable bonds is 1. The van der Waals surface area contributed by atoms with E-state index in [4.69, 9.17) is 0 Å². The van der Waals surface area contributed by atoms with Crippen LogP contribution in [-0.2, 0) is 37.4 Å². The van der Waals surface area contributed by atoms with Crippen molar-refractivity contribution in [3.05, 3.63) is 6.10 Å². The summed E-state index contributed by atoms with van der Waals surface area (Å²) in [6.07, 6.45) is 1.00. The Hall–Kier alpha value is 1.06. The summed E-state index contributed by atoms with van der Waals surface area (Å²) in [5.74, 6) is 0. The van der Waals surface area contributed by atoms with Gasteiger partial charge in [0, 0.05) is 0 Å². The predicted octanol–water partition coefficient (Wildman–Crippen LogP) is 1.20. The van der Waals surface area contributed by atoms with E-state index in [0.717, 1.165) is 6.10 Å². The summed E-state index contributed by atoms with van der Waals surface area (Å²) in [6.45, 7) is 3.83. The first kappa shape index (κ1) is 10.1. The van der Waals surface area contributed by atoms with E-state index in [1.165, 1.54) is 0 Å². The first-order valence-electron chi connectivity index (χ1n) is 1.61. The van der Waals surface area contributed by atoms with Crippen molar-refractivity contribution in [1.82, 2.24) is 0 Å². The molecule has 0 spiro atoms. The smallest absolute Gasteiger partial charge is 0.552 e. The van der Waals surface area contributed by atoms with Crippen LogP contribution in [0.4, 0.5) is 0 Å². The summed E-state index contributed by atoms with van der Waals surface area (Å²) >= 11 is 0.